The summed E-state index contributed by atoms with van der Waals surface area (Å²) in [5, 5.41) is 9.67. The third-order valence-corrected chi connectivity index (χ3v) is 3.72. The number of nitrogens with two attached hydrogens (primary N) is 1. The average molecular weight is 287 g/mol. The lowest BCUT2D eigenvalue weighted by Gasteiger charge is -2.35. The van der Waals surface area contributed by atoms with E-state index in [0.717, 1.165) is 29.8 Å². The summed E-state index contributed by atoms with van der Waals surface area (Å²) in [6, 6.07) is 0. The largest absolute Gasteiger partial charge is 0.393 e. The van der Waals surface area contributed by atoms with Gasteiger partial charge >= 0.3 is 0 Å². The molecule has 3 N–H and O–H groups in total. The van der Waals surface area contributed by atoms with E-state index in [2.05, 4.69) is 30.8 Å². The number of aromatic nitrogens is 2. The molecule has 5 nitrogen and oxygen atoms in total. The number of hydrogen-bond donors (Lipinski definition) is 2. The van der Waals surface area contributed by atoms with E-state index in [-0.39, 0.29) is 12.0 Å². The van der Waals surface area contributed by atoms with E-state index in [9.17, 15) is 5.11 Å². The minimum atomic E-state index is -0.214. The van der Waals surface area contributed by atoms with Crippen LogP contribution in [0.15, 0.2) is 10.8 Å². The monoisotopic (exact) mass is 286 g/mol. The summed E-state index contributed by atoms with van der Waals surface area (Å²) in [6.07, 6.45) is 2.01. The number of anilines is 2. The highest BCUT2D eigenvalue weighted by Gasteiger charge is 2.26. The normalized spacial score (nSPS) is 25.8. The number of nitrogen functional groups attached to an aromatic ring is 1. The van der Waals surface area contributed by atoms with Crippen molar-refractivity contribution < 1.29 is 5.11 Å². The van der Waals surface area contributed by atoms with E-state index in [0.29, 0.717) is 5.82 Å². The minimum absolute atomic E-state index is 0.214. The van der Waals surface area contributed by atoms with Gasteiger partial charge in [-0.1, -0.05) is 6.92 Å². The maximum atomic E-state index is 9.67. The van der Waals surface area contributed by atoms with E-state index < -0.39 is 0 Å². The molecular formula is C10H15BrN4O. The molecule has 0 saturated carbocycles. The van der Waals surface area contributed by atoms with Crippen LogP contribution in [0.3, 0.4) is 0 Å². The Morgan fingerprint density at radius 3 is 3.00 bits per heavy atom. The molecule has 2 rings (SSSR count). The lowest BCUT2D eigenvalue weighted by molar-refractivity contribution is 0.0968. The molecule has 1 aromatic rings. The van der Waals surface area contributed by atoms with Crippen LogP contribution >= 0.6 is 15.9 Å². The van der Waals surface area contributed by atoms with Gasteiger partial charge in [0.25, 0.3) is 0 Å². The van der Waals surface area contributed by atoms with Crippen LogP contribution in [0.2, 0.25) is 0 Å². The Hall–Kier alpha value is -0.880. The number of aliphatic hydroxyl groups is 1. The Kier molecular flexibility index (Phi) is 3.30. The van der Waals surface area contributed by atoms with Crippen LogP contribution in [0.5, 0.6) is 0 Å². The molecular weight excluding hydrogens is 272 g/mol. The molecule has 1 aliphatic rings. The lowest BCUT2D eigenvalue weighted by Crippen LogP contribution is -2.42. The SMILES string of the molecule is CC1CN(c2ncnc(N)c2Br)CCC1O. The van der Waals surface area contributed by atoms with Crippen molar-refractivity contribution >= 4 is 27.6 Å². The summed E-state index contributed by atoms with van der Waals surface area (Å²) in [6.45, 7) is 3.62. The molecule has 0 aliphatic carbocycles. The van der Waals surface area contributed by atoms with Gasteiger partial charge in [-0.3, -0.25) is 0 Å². The summed E-state index contributed by atoms with van der Waals surface area (Å²) in [5.41, 5.74) is 5.72. The molecule has 1 aliphatic heterocycles. The van der Waals surface area contributed by atoms with Gasteiger partial charge in [-0.2, -0.15) is 0 Å². The quantitative estimate of drug-likeness (QED) is 0.807. The summed E-state index contributed by atoms with van der Waals surface area (Å²) >= 11 is 3.40. The van der Waals surface area contributed by atoms with Gasteiger partial charge in [0.1, 0.15) is 22.4 Å². The van der Waals surface area contributed by atoms with Crippen LogP contribution < -0.4 is 10.6 Å². The van der Waals surface area contributed by atoms with Crippen LogP contribution in [-0.4, -0.2) is 34.3 Å². The van der Waals surface area contributed by atoms with Crippen molar-refractivity contribution in [3.8, 4) is 0 Å². The first-order chi connectivity index (χ1) is 7.59. The summed E-state index contributed by atoms with van der Waals surface area (Å²) in [5.74, 6) is 1.51. The van der Waals surface area contributed by atoms with Crippen molar-refractivity contribution in [1.29, 1.82) is 0 Å². The predicted octanol–water partition coefficient (Wildman–Crippen LogP) is 1.03. The molecule has 1 saturated heterocycles. The number of nitrogens with zero attached hydrogens (tertiary/aromatic N) is 3. The van der Waals surface area contributed by atoms with Gasteiger partial charge in [0, 0.05) is 13.1 Å². The van der Waals surface area contributed by atoms with Crippen molar-refractivity contribution in [3.05, 3.63) is 10.8 Å². The fourth-order valence-electron chi connectivity index (χ4n) is 1.92. The van der Waals surface area contributed by atoms with Crippen molar-refractivity contribution in [3.63, 3.8) is 0 Å². The number of piperidine rings is 1. The van der Waals surface area contributed by atoms with Gasteiger partial charge in [0.15, 0.2) is 0 Å². The maximum absolute atomic E-state index is 9.67. The molecule has 0 aromatic carbocycles. The van der Waals surface area contributed by atoms with E-state index in [1.54, 1.807) is 0 Å². The highest BCUT2D eigenvalue weighted by atomic mass is 79.9. The Balaban J connectivity index is 2.22. The van der Waals surface area contributed by atoms with Crippen LogP contribution in [0.25, 0.3) is 0 Å². The van der Waals surface area contributed by atoms with Gasteiger partial charge in [0.2, 0.25) is 0 Å². The van der Waals surface area contributed by atoms with E-state index >= 15 is 0 Å². The summed E-state index contributed by atoms with van der Waals surface area (Å²) in [7, 11) is 0. The fourth-order valence-corrected chi connectivity index (χ4v) is 2.38. The van der Waals surface area contributed by atoms with E-state index in [4.69, 9.17) is 5.73 Å². The Morgan fingerprint density at radius 2 is 2.31 bits per heavy atom. The highest BCUT2D eigenvalue weighted by molar-refractivity contribution is 9.10. The first kappa shape index (κ1) is 11.6. The highest BCUT2D eigenvalue weighted by Crippen LogP contribution is 2.30. The van der Waals surface area contributed by atoms with Gasteiger partial charge in [-0.15, -0.1) is 0 Å². The second kappa shape index (κ2) is 4.55. The summed E-state index contributed by atoms with van der Waals surface area (Å²) < 4.78 is 0.735. The average Bonchev–Trinajstić information content (AvgIpc) is 2.26. The molecule has 6 heteroatoms. The Labute approximate surface area is 103 Å². The standard InChI is InChI=1S/C10H15BrN4O/c1-6-4-15(3-2-7(6)16)10-8(11)9(12)13-5-14-10/h5-7,16H,2-4H2,1H3,(H2,12,13,14). The molecule has 88 valence electrons. The molecule has 0 bridgehead atoms. The van der Waals surface area contributed by atoms with Crippen LogP contribution in [0.4, 0.5) is 11.6 Å². The molecule has 1 fully saturated rings. The van der Waals surface area contributed by atoms with Crippen LogP contribution in [-0.2, 0) is 0 Å². The first-order valence-electron chi connectivity index (χ1n) is 5.28. The van der Waals surface area contributed by atoms with E-state index in [1.165, 1.54) is 6.33 Å². The zero-order valence-corrected chi connectivity index (χ0v) is 10.7. The third-order valence-electron chi connectivity index (χ3n) is 2.96. The van der Waals surface area contributed by atoms with Gasteiger partial charge in [-0.25, -0.2) is 9.97 Å². The van der Waals surface area contributed by atoms with Gasteiger partial charge < -0.3 is 15.7 Å². The molecule has 2 heterocycles. The smallest absolute Gasteiger partial charge is 0.148 e. The molecule has 0 radical (unpaired) electrons. The van der Waals surface area contributed by atoms with Gasteiger partial charge in [-0.05, 0) is 28.3 Å². The maximum Gasteiger partial charge on any atom is 0.148 e. The van der Waals surface area contributed by atoms with Crippen molar-refractivity contribution in [2.45, 2.75) is 19.4 Å². The number of hydrogen-bond acceptors (Lipinski definition) is 5. The topological polar surface area (TPSA) is 75.3 Å². The molecule has 0 spiro atoms. The summed E-state index contributed by atoms with van der Waals surface area (Å²) in [4.78, 5) is 10.3. The van der Waals surface area contributed by atoms with Crippen molar-refractivity contribution in [2.75, 3.05) is 23.7 Å². The lowest BCUT2D eigenvalue weighted by atomic mass is 9.97. The van der Waals surface area contributed by atoms with Gasteiger partial charge in [0.05, 0.1) is 6.10 Å². The van der Waals surface area contributed by atoms with Crippen LogP contribution in [0.1, 0.15) is 13.3 Å². The molecule has 1 aromatic heterocycles. The second-order valence-corrected chi connectivity index (χ2v) is 4.97. The molecule has 16 heavy (non-hydrogen) atoms. The zero-order valence-electron chi connectivity index (χ0n) is 9.10. The first-order valence-corrected chi connectivity index (χ1v) is 6.08. The fraction of sp³-hybridized carbons (Fsp3) is 0.600. The second-order valence-electron chi connectivity index (χ2n) is 4.18. The molecule has 2 atom stereocenters. The Bertz CT molecular complexity index is 387. The zero-order chi connectivity index (χ0) is 11.7. The van der Waals surface area contributed by atoms with Crippen LogP contribution in [0, 0.1) is 5.92 Å². The minimum Gasteiger partial charge on any atom is -0.393 e. The van der Waals surface area contributed by atoms with Crippen molar-refractivity contribution in [1.82, 2.24) is 9.97 Å². The number of aliphatic hydroxyl groups excluding tert-OH is 1. The molecule has 2 unspecified atom stereocenters. The Morgan fingerprint density at radius 1 is 1.56 bits per heavy atom. The molecule has 0 amide bonds. The predicted molar refractivity (Wildman–Crippen MR) is 66.1 cm³/mol. The van der Waals surface area contributed by atoms with Crippen molar-refractivity contribution in [2.24, 2.45) is 5.92 Å². The third kappa shape index (κ3) is 2.12. The number of rotatable bonds is 1. The van der Waals surface area contributed by atoms with E-state index in [1.807, 2.05) is 6.92 Å². The number of halogens is 1.